The summed E-state index contributed by atoms with van der Waals surface area (Å²) in [6.45, 7) is 8.10. The average Bonchev–Trinajstić information content (AvgIpc) is 2.75. The maximum Gasteiger partial charge on any atom is 0.128 e. The number of aromatic nitrogens is 2. The third kappa shape index (κ3) is 3.82. The molecule has 2 atom stereocenters. The lowest BCUT2D eigenvalue weighted by Crippen LogP contribution is -2.36. The van der Waals surface area contributed by atoms with Crippen molar-refractivity contribution in [2.75, 3.05) is 13.2 Å². The predicted octanol–water partition coefficient (Wildman–Crippen LogP) is 2.28. The minimum Gasteiger partial charge on any atom is -0.376 e. The van der Waals surface area contributed by atoms with Crippen molar-refractivity contribution in [1.82, 2.24) is 14.9 Å². The summed E-state index contributed by atoms with van der Waals surface area (Å²) < 4.78 is 7.88. The quantitative estimate of drug-likeness (QED) is 0.756. The van der Waals surface area contributed by atoms with Crippen molar-refractivity contribution in [2.45, 2.75) is 45.8 Å². The van der Waals surface area contributed by atoms with Crippen LogP contribution in [-0.4, -0.2) is 28.8 Å². The number of imidazole rings is 1. The van der Waals surface area contributed by atoms with E-state index in [1.807, 2.05) is 26.4 Å². The van der Waals surface area contributed by atoms with Crippen LogP contribution in [0.25, 0.3) is 0 Å². The largest absolute Gasteiger partial charge is 0.376 e. The van der Waals surface area contributed by atoms with Crippen LogP contribution >= 0.6 is 0 Å². The Morgan fingerprint density at radius 1 is 1.41 bits per heavy atom. The van der Waals surface area contributed by atoms with Crippen LogP contribution in [0.4, 0.5) is 0 Å². The van der Waals surface area contributed by atoms with Crippen LogP contribution in [0.5, 0.6) is 0 Å². The summed E-state index contributed by atoms with van der Waals surface area (Å²) in [5.41, 5.74) is 0. The molecule has 0 aromatic carbocycles. The molecule has 1 heterocycles. The summed E-state index contributed by atoms with van der Waals surface area (Å²) in [6, 6.07) is 0.180. The predicted molar refractivity (Wildman–Crippen MR) is 69.9 cm³/mol. The van der Waals surface area contributed by atoms with Gasteiger partial charge >= 0.3 is 0 Å². The van der Waals surface area contributed by atoms with Gasteiger partial charge in [-0.1, -0.05) is 13.8 Å². The highest BCUT2D eigenvalue weighted by Gasteiger charge is 2.24. The third-order valence-corrected chi connectivity index (χ3v) is 2.91. The maximum absolute atomic E-state index is 5.81. The average molecular weight is 239 g/mol. The standard InChI is InChI=1S/C13H25N3O/c1-5-8-14-12(11(6-2)17-7-3)13-15-9-10-16(13)4/h9-12,14H,5-8H2,1-4H3. The molecule has 1 N–H and O–H groups in total. The summed E-state index contributed by atoms with van der Waals surface area (Å²) in [7, 11) is 2.03. The molecular formula is C13H25N3O. The van der Waals surface area contributed by atoms with Gasteiger partial charge in [0.05, 0.1) is 12.1 Å². The van der Waals surface area contributed by atoms with Crippen LogP contribution in [0.1, 0.15) is 45.5 Å². The number of nitrogens with one attached hydrogen (secondary N) is 1. The SMILES string of the molecule is CCCNC(c1nccn1C)C(CC)OCC. The molecular weight excluding hydrogens is 214 g/mol. The van der Waals surface area contributed by atoms with E-state index in [2.05, 4.69) is 28.7 Å². The molecule has 17 heavy (non-hydrogen) atoms. The summed E-state index contributed by atoms with van der Waals surface area (Å²) in [6.07, 6.45) is 6.11. The van der Waals surface area contributed by atoms with E-state index in [4.69, 9.17) is 4.74 Å². The van der Waals surface area contributed by atoms with Gasteiger partial charge in [0.15, 0.2) is 0 Å². The Morgan fingerprint density at radius 3 is 2.65 bits per heavy atom. The Kier molecular flexibility index (Phi) is 6.22. The fourth-order valence-electron chi connectivity index (χ4n) is 2.03. The summed E-state index contributed by atoms with van der Waals surface area (Å²) in [5, 5.41) is 3.54. The van der Waals surface area contributed by atoms with E-state index in [0.29, 0.717) is 0 Å². The normalized spacial score (nSPS) is 14.8. The van der Waals surface area contributed by atoms with E-state index in [1.54, 1.807) is 0 Å². The van der Waals surface area contributed by atoms with E-state index in [1.165, 1.54) is 0 Å². The van der Waals surface area contributed by atoms with E-state index < -0.39 is 0 Å². The van der Waals surface area contributed by atoms with Crippen LogP contribution in [0.2, 0.25) is 0 Å². The lowest BCUT2D eigenvalue weighted by atomic mass is 10.1. The lowest BCUT2D eigenvalue weighted by molar-refractivity contribution is 0.0285. The Hall–Kier alpha value is -0.870. The summed E-state index contributed by atoms with van der Waals surface area (Å²) in [5.74, 6) is 1.05. The molecule has 98 valence electrons. The van der Waals surface area contributed by atoms with Gasteiger partial charge in [0, 0.05) is 26.0 Å². The molecule has 1 aromatic rings. The fraction of sp³-hybridized carbons (Fsp3) is 0.769. The van der Waals surface area contributed by atoms with Gasteiger partial charge in [-0.05, 0) is 26.3 Å². The van der Waals surface area contributed by atoms with E-state index in [0.717, 1.165) is 31.8 Å². The molecule has 1 rings (SSSR count). The number of hydrogen-bond donors (Lipinski definition) is 1. The molecule has 0 saturated carbocycles. The van der Waals surface area contributed by atoms with Crippen LogP contribution in [0, 0.1) is 0 Å². The van der Waals surface area contributed by atoms with E-state index >= 15 is 0 Å². The monoisotopic (exact) mass is 239 g/mol. The summed E-state index contributed by atoms with van der Waals surface area (Å²) in [4.78, 5) is 4.44. The van der Waals surface area contributed by atoms with Crippen molar-refractivity contribution < 1.29 is 4.74 Å². The summed E-state index contributed by atoms with van der Waals surface area (Å²) >= 11 is 0. The van der Waals surface area contributed by atoms with Crippen molar-refractivity contribution >= 4 is 0 Å². The number of aryl methyl sites for hydroxylation is 1. The molecule has 0 aliphatic carbocycles. The molecule has 0 bridgehead atoms. The van der Waals surface area contributed by atoms with Crippen molar-refractivity contribution in [1.29, 1.82) is 0 Å². The second kappa shape index (κ2) is 7.45. The molecule has 0 saturated heterocycles. The second-order valence-electron chi connectivity index (χ2n) is 4.23. The van der Waals surface area contributed by atoms with Crippen molar-refractivity contribution in [3.63, 3.8) is 0 Å². The fourth-order valence-corrected chi connectivity index (χ4v) is 2.03. The van der Waals surface area contributed by atoms with Crippen molar-refractivity contribution in [3.05, 3.63) is 18.2 Å². The smallest absolute Gasteiger partial charge is 0.128 e. The third-order valence-electron chi connectivity index (χ3n) is 2.91. The van der Waals surface area contributed by atoms with Gasteiger partial charge in [-0.25, -0.2) is 4.98 Å². The molecule has 1 aromatic heterocycles. The number of hydrogen-bond acceptors (Lipinski definition) is 3. The molecule has 0 radical (unpaired) electrons. The van der Waals surface area contributed by atoms with Crippen LogP contribution in [0.15, 0.2) is 12.4 Å². The van der Waals surface area contributed by atoms with E-state index in [9.17, 15) is 0 Å². The zero-order valence-corrected chi connectivity index (χ0v) is 11.4. The molecule has 0 aliphatic rings. The second-order valence-corrected chi connectivity index (χ2v) is 4.23. The molecule has 4 heteroatoms. The maximum atomic E-state index is 5.81. The van der Waals surface area contributed by atoms with Gasteiger partial charge in [0.25, 0.3) is 0 Å². The van der Waals surface area contributed by atoms with Gasteiger partial charge in [0.2, 0.25) is 0 Å². The highest BCUT2D eigenvalue weighted by atomic mass is 16.5. The number of nitrogens with zero attached hydrogens (tertiary/aromatic N) is 2. The first-order chi connectivity index (χ1) is 8.24. The highest BCUT2D eigenvalue weighted by molar-refractivity contribution is 5.01. The number of ether oxygens (including phenoxy) is 1. The Morgan fingerprint density at radius 2 is 2.18 bits per heavy atom. The van der Waals surface area contributed by atoms with E-state index in [-0.39, 0.29) is 12.1 Å². The Labute approximate surface area is 104 Å². The van der Waals surface area contributed by atoms with Gasteiger partial charge < -0.3 is 14.6 Å². The van der Waals surface area contributed by atoms with Crippen molar-refractivity contribution in [2.24, 2.45) is 7.05 Å². The van der Waals surface area contributed by atoms with Gasteiger partial charge in [-0.3, -0.25) is 0 Å². The Balaban J connectivity index is 2.82. The molecule has 0 fully saturated rings. The van der Waals surface area contributed by atoms with Gasteiger partial charge in [0.1, 0.15) is 5.82 Å². The molecule has 0 spiro atoms. The van der Waals surface area contributed by atoms with Crippen LogP contribution < -0.4 is 5.32 Å². The number of rotatable bonds is 8. The molecule has 4 nitrogen and oxygen atoms in total. The Bertz CT molecular complexity index is 311. The van der Waals surface area contributed by atoms with Crippen LogP contribution in [-0.2, 0) is 11.8 Å². The lowest BCUT2D eigenvalue weighted by Gasteiger charge is -2.26. The molecule has 2 unspecified atom stereocenters. The highest BCUT2D eigenvalue weighted by Crippen LogP contribution is 2.20. The first-order valence-electron chi connectivity index (χ1n) is 6.56. The topological polar surface area (TPSA) is 39.1 Å². The van der Waals surface area contributed by atoms with Crippen molar-refractivity contribution in [3.8, 4) is 0 Å². The van der Waals surface area contributed by atoms with Gasteiger partial charge in [-0.2, -0.15) is 0 Å². The minimum atomic E-state index is 0.180. The molecule has 0 amide bonds. The minimum absolute atomic E-state index is 0.180. The first kappa shape index (κ1) is 14.2. The van der Waals surface area contributed by atoms with Gasteiger partial charge in [-0.15, -0.1) is 0 Å². The zero-order chi connectivity index (χ0) is 12.7. The molecule has 0 aliphatic heterocycles. The van der Waals surface area contributed by atoms with Crippen LogP contribution in [0.3, 0.4) is 0 Å². The first-order valence-corrected chi connectivity index (χ1v) is 6.56. The zero-order valence-electron chi connectivity index (χ0n) is 11.4.